The molecule has 0 spiro atoms. The lowest BCUT2D eigenvalue weighted by atomic mass is 9.73. The van der Waals surface area contributed by atoms with E-state index < -0.39 is 11.8 Å². The van der Waals surface area contributed by atoms with E-state index in [1.165, 1.54) is 5.56 Å². The fraction of sp³-hybridized carbons (Fsp3) is 0.429. The normalized spacial score (nSPS) is 26.5. The maximum atomic E-state index is 11.0. The van der Waals surface area contributed by atoms with Crippen molar-refractivity contribution in [1.29, 1.82) is 0 Å². The molecule has 2 aromatic rings. The van der Waals surface area contributed by atoms with Crippen LogP contribution in [-0.4, -0.2) is 34.2 Å². The molecule has 5 heteroatoms. The first-order chi connectivity index (χ1) is 12.1. The van der Waals surface area contributed by atoms with E-state index in [0.29, 0.717) is 5.96 Å². The van der Waals surface area contributed by atoms with Gasteiger partial charge in [-0.2, -0.15) is 0 Å². The number of aromatic nitrogens is 1. The van der Waals surface area contributed by atoms with Gasteiger partial charge in [0.05, 0.1) is 11.5 Å². The van der Waals surface area contributed by atoms with Crippen molar-refractivity contribution in [3.63, 3.8) is 0 Å². The zero-order valence-electron chi connectivity index (χ0n) is 16.1. The van der Waals surface area contributed by atoms with Crippen LogP contribution < -0.4 is 5.73 Å². The summed E-state index contributed by atoms with van der Waals surface area (Å²) >= 11 is 0. The van der Waals surface area contributed by atoms with Crippen molar-refractivity contribution in [3.05, 3.63) is 65.5 Å². The Balaban J connectivity index is 2.13. The summed E-state index contributed by atoms with van der Waals surface area (Å²) < 4.78 is 0. The van der Waals surface area contributed by atoms with Crippen LogP contribution in [0.15, 0.2) is 53.8 Å². The third-order valence-corrected chi connectivity index (χ3v) is 5.41. The summed E-state index contributed by atoms with van der Waals surface area (Å²) in [5.74, 6) is 0.0793. The number of aliphatic imine (C=N–C) groups is 1. The SMILES string of the molecule is CN1C(N)=N[C@](C)(c2ccncc2)[C@@H](c2ccc(C(C)(C)C)cc2)C1O. The van der Waals surface area contributed by atoms with Crippen molar-refractivity contribution in [2.24, 2.45) is 10.7 Å². The zero-order valence-corrected chi connectivity index (χ0v) is 16.1. The number of guanidine groups is 1. The predicted molar refractivity (Wildman–Crippen MR) is 105 cm³/mol. The summed E-state index contributed by atoms with van der Waals surface area (Å²) in [5, 5.41) is 11.0. The summed E-state index contributed by atoms with van der Waals surface area (Å²) in [6, 6.07) is 12.3. The Morgan fingerprint density at radius 2 is 1.65 bits per heavy atom. The van der Waals surface area contributed by atoms with Crippen LogP contribution in [0.2, 0.25) is 0 Å². The van der Waals surface area contributed by atoms with Crippen LogP contribution in [0.4, 0.5) is 0 Å². The van der Waals surface area contributed by atoms with Gasteiger partial charge in [0.25, 0.3) is 0 Å². The van der Waals surface area contributed by atoms with E-state index in [9.17, 15) is 5.11 Å². The number of aliphatic hydroxyl groups is 1. The first kappa shape index (κ1) is 18.4. The average Bonchev–Trinajstić information content (AvgIpc) is 2.60. The highest BCUT2D eigenvalue weighted by molar-refractivity contribution is 5.80. The first-order valence-corrected chi connectivity index (χ1v) is 8.92. The maximum absolute atomic E-state index is 11.0. The summed E-state index contributed by atoms with van der Waals surface area (Å²) in [6.07, 6.45) is 2.72. The Labute approximate surface area is 155 Å². The minimum absolute atomic E-state index is 0.0808. The Morgan fingerprint density at radius 3 is 2.19 bits per heavy atom. The van der Waals surface area contributed by atoms with Gasteiger partial charge in [0.2, 0.25) is 0 Å². The molecule has 1 aliphatic rings. The molecule has 1 unspecified atom stereocenters. The van der Waals surface area contributed by atoms with Crippen LogP contribution in [0.1, 0.15) is 50.3 Å². The molecule has 0 saturated carbocycles. The third kappa shape index (κ3) is 3.07. The minimum Gasteiger partial charge on any atom is -0.373 e. The molecular weight excluding hydrogens is 324 g/mol. The van der Waals surface area contributed by atoms with Gasteiger partial charge in [-0.1, -0.05) is 45.0 Å². The van der Waals surface area contributed by atoms with Gasteiger partial charge < -0.3 is 15.7 Å². The fourth-order valence-corrected chi connectivity index (χ4v) is 3.66. The van der Waals surface area contributed by atoms with Gasteiger partial charge in [0, 0.05) is 19.4 Å². The van der Waals surface area contributed by atoms with Gasteiger partial charge in [-0.3, -0.25) is 4.98 Å². The van der Waals surface area contributed by atoms with Crippen LogP contribution in [0, 0.1) is 0 Å². The number of nitrogens with two attached hydrogens (primary N) is 1. The van der Waals surface area contributed by atoms with E-state index in [2.05, 4.69) is 50.0 Å². The average molecular weight is 352 g/mol. The summed E-state index contributed by atoms with van der Waals surface area (Å²) in [4.78, 5) is 10.5. The highest BCUT2D eigenvalue weighted by Crippen LogP contribution is 2.45. The molecule has 1 aromatic heterocycles. The van der Waals surface area contributed by atoms with Gasteiger partial charge in [-0.15, -0.1) is 0 Å². The van der Waals surface area contributed by atoms with E-state index >= 15 is 0 Å². The van der Waals surface area contributed by atoms with Crippen LogP contribution in [0.3, 0.4) is 0 Å². The molecule has 0 radical (unpaired) electrons. The van der Waals surface area contributed by atoms with Crippen molar-refractivity contribution in [3.8, 4) is 0 Å². The maximum Gasteiger partial charge on any atom is 0.193 e. The molecule has 1 aromatic carbocycles. The molecule has 0 saturated heterocycles. The van der Waals surface area contributed by atoms with E-state index in [-0.39, 0.29) is 11.3 Å². The van der Waals surface area contributed by atoms with Crippen molar-refractivity contribution < 1.29 is 5.11 Å². The molecule has 5 nitrogen and oxygen atoms in total. The lowest BCUT2D eigenvalue weighted by Crippen LogP contribution is -2.55. The number of pyridine rings is 1. The lowest BCUT2D eigenvalue weighted by molar-refractivity contribution is 0.00568. The number of aliphatic hydroxyl groups excluding tert-OH is 1. The van der Waals surface area contributed by atoms with E-state index in [1.54, 1.807) is 24.3 Å². The highest BCUT2D eigenvalue weighted by Gasteiger charge is 2.46. The Hall–Kier alpha value is -2.40. The van der Waals surface area contributed by atoms with Crippen molar-refractivity contribution in [2.45, 2.75) is 50.8 Å². The molecule has 0 fully saturated rings. The number of hydrogen-bond acceptors (Lipinski definition) is 5. The Kier molecular flexibility index (Phi) is 4.53. The Morgan fingerprint density at radius 1 is 1.08 bits per heavy atom. The van der Waals surface area contributed by atoms with Crippen LogP contribution >= 0.6 is 0 Å². The minimum atomic E-state index is -0.772. The van der Waals surface area contributed by atoms with Crippen molar-refractivity contribution >= 4 is 5.96 Å². The second-order valence-electron chi connectivity index (χ2n) is 8.23. The number of nitrogens with zero attached hydrogens (tertiary/aromatic N) is 3. The van der Waals surface area contributed by atoms with Crippen LogP contribution in [0.5, 0.6) is 0 Å². The fourth-order valence-electron chi connectivity index (χ4n) is 3.66. The number of hydrogen-bond donors (Lipinski definition) is 2. The molecule has 3 N–H and O–H groups in total. The third-order valence-electron chi connectivity index (χ3n) is 5.41. The zero-order chi connectivity index (χ0) is 19.1. The summed E-state index contributed by atoms with van der Waals surface area (Å²) in [5.41, 5.74) is 8.78. The topological polar surface area (TPSA) is 74.7 Å². The molecule has 1 aliphatic heterocycles. The van der Waals surface area contributed by atoms with Crippen LogP contribution in [-0.2, 0) is 11.0 Å². The number of rotatable bonds is 2. The summed E-state index contributed by atoms with van der Waals surface area (Å²) in [7, 11) is 1.77. The van der Waals surface area contributed by atoms with E-state index in [4.69, 9.17) is 10.7 Å². The Bertz CT molecular complexity index is 795. The van der Waals surface area contributed by atoms with Crippen molar-refractivity contribution in [2.75, 3.05) is 7.05 Å². The second kappa shape index (κ2) is 6.40. The predicted octanol–water partition coefficient (Wildman–Crippen LogP) is 2.96. The lowest BCUT2D eigenvalue weighted by Gasteiger charge is -2.45. The van der Waals surface area contributed by atoms with E-state index in [0.717, 1.165) is 11.1 Å². The number of benzene rings is 1. The monoisotopic (exact) mass is 352 g/mol. The molecule has 0 amide bonds. The van der Waals surface area contributed by atoms with E-state index in [1.807, 2.05) is 19.1 Å². The molecule has 138 valence electrons. The molecule has 0 aliphatic carbocycles. The molecule has 0 bridgehead atoms. The largest absolute Gasteiger partial charge is 0.373 e. The van der Waals surface area contributed by atoms with Crippen LogP contribution in [0.25, 0.3) is 0 Å². The highest BCUT2D eigenvalue weighted by atomic mass is 16.3. The van der Waals surface area contributed by atoms with Gasteiger partial charge in [0.1, 0.15) is 6.23 Å². The van der Waals surface area contributed by atoms with Gasteiger partial charge >= 0.3 is 0 Å². The standard InChI is InChI=1S/C21H28N4O/c1-20(2,3)15-8-6-14(7-9-15)17-18(26)25(5)19(22)24-21(17,4)16-10-12-23-13-11-16/h6-13,17-18,26H,1-5H3,(H2,22,24)/t17-,18?,21+/m0/s1. The van der Waals surface area contributed by atoms with Crippen molar-refractivity contribution in [1.82, 2.24) is 9.88 Å². The second-order valence-corrected chi connectivity index (χ2v) is 8.23. The molecular formula is C21H28N4O. The van der Waals surface area contributed by atoms with Gasteiger partial charge in [-0.05, 0) is 41.2 Å². The molecule has 26 heavy (non-hydrogen) atoms. The molecule has 3 atom stereocenters. The quantitative estimate of drug-likeness (QED) is 0.871. The summed E-state index contributed by atoms with van der Waals surface area (Å²) in [6.45, 7) is 8.60. The number of likely N-dealkylation sites (N-methyl/N-ethyl adjacent to an activating group) is 1. The molecule has 3 rings (SSSR count). The van der Waals surface area contributed by atoms with Gasteiger partial charge in [-0.25, -0.2) is 4.99 Å². The first-order valence-electron chi connectivity index (χ1n) is 8.92. The smallest absolute Gasteiger partial charge is 0.193 e. The molecule has 2 heterocycles. The van der Waals surface area contributed by atoms with Gasteiger partial charge in [0.15, 0.2) is 5.96 Å².